The highest BCUT2D eigenvalue weighted by Gasteiger charge is 2.39. The molecule has 2 heterocycles. The fraction of sp³-hybridized carbons (Fsp3) is 0.615. The van der Waals surface area contributed by atoms with Gasteiger partial charge in [-0.25, -0.2) is 4.79 Å². The van der Waals surface area contributed by atoms with Crippen LogP contribution in [0.4, 0.5) is 5.69 Å². The van der Waals surface area contributed by atoms with E-state index in [1.54, 1.807) is 17.8 Å². The van der Waals surface area contributed by atoms with Crippen molar-refractivity contribution in [3.63, 3.8) is 0 Å². The number of fused-ring (bicyclic) bond motifs is 1. The molecule has 3 rings (SSSR count). The molecule has 0 unspecified atom stereocenters. The molecule has 1 fully saturated rings. The van der Waals surface area contributed by atoms with Crippen LogP contribution in [0.2, 0.25) is 0 Å². The number of aryl methyl sites for hydroxylation is 1. The van der Waals surface area contributed by atoms with Crippen LogP contribution in [0.5, 0.6) is 5.75 Å². The molecule has 0 aromatic carbocycles. The van der Waals surface area contributed by atoms with Crippen molar-refractivity contribution in [3.05, 3.63) is 11.9 Å². The van der Waals surface area contributed by atoms with Gasteiger partial charge < -0.3 is 19.7 Å². The Bertz CT molecular complexity index is 487. The first-order valence-corrected chi connectivity index (χ1v) is 6.47. The molecule has 98 valence electrons. The maximum absolute atomic E-state index is 11.2. The Morgan fingerprint density at radius 3 is 2.83 bits per heavy atom. The van der Waals surface area contributed by atoms with Crippen LogP contribution >= 0.6 is 0 Å². The first kappa shape index (κ1) is 11.4. The molecule has 5 heteroatoms. The van der Waals surface area contributed by atoms with Crippen molar-refractivity contribution in [2.24, 2.45) is 7.05 Å². The summed E-state index contributed by atoms with van der Waals surface area (Å²) in [6.45, 7) is 0.713. The summed E-state index contributed by atoms with van der Waals surface area (Å²) in [5.74, 6) is -0.238. The zero-order chi connectivity index (χ0) is 12.8. The average molecular weight is 250 g/mol. The molecule has 0 saturated heterocycles. The van der Waals surface area contributed by atoms with Crippen molar-refractivity contribution < 1.29 is 14.6 Å². The van der Waals surface area contributed by atoms with Crippen LogP contribution in [0.25, 0.3) is 0 Å². The number of hydrogen-bond donors (Lipinski definition) is 2. The molecule has 1 aliphatic heterocycles. The van der Waals surface area contributed by atoms with Crippen LogP contribution in [0.1, 0.15) is 42.6 Å². The van der Waals surface area contributed by atoms with E-state index < -0.39 is 5.97 Å². The van der Waals surface area contributed by atoms with Gasteiger partial charge in [0.25, 0.3) is 0 Å². The lowest BCUT2D eigenvalue weighted by Gasteiger charge is -2.41. The van der Waals surface area contributed by atoms with Gasteiger partial charge in [0.05, 0.1) is 6.54 Å². The smallest absolute Gasteiger partial charge is 0.354 e. The maximum Gasteiger partial charge on any atom is 0.354 e. The molecule has 5 nitrogen and oxygen atoms in total. The van der Waals surface area contributed by atoms with Crippen molar-refractivity contribution in [3.8, 4) is 5.75 Å². The first-order valence-electron chi connectivity index (χ1n) is 6.47. The van der Waals surface area contributed by atoms with E-state index in [-0.39, 0.29) is 11.3 Å². The molecule has 18 heavy (non-hydrogen) atoms. The predicted molar refractivity (Wildman–Crippen MR) is 67.3 cm³/mol. The number of carboxylic acids is 1. The number of anilines is 1. The summed E-state index contributed by atoms with van der Waals surface area (Å²) in [4.78, 5) is 11.2. The van der Waals surface area contributed by atoms with Crippen LogP contribution in [0.3, 0.4) is 0 Å². The van der Waals surface area contributed by atoms with Crippen LogP contribution in [0, 0.1) is 0 Å². The monoisotopic (exact) mass is 250 g/mol. The fourth-order valence-corrected chi connectivity index (χ4v) is 3.10. The molecule has 0 atom stereocenters. The van der Waals surface area contributed by atoms with E-state index in [1.807, 2.05) is 0 Å². The van der Waals surface area contributed by atoms with Gasteiger partial charge in [-0.2, -0.15) is 0 Å². The highest BCUT2D eigenvalue weighted by atomic mass is 16.5. The summed E-state index contributed by atoms with van der Waals surface area (Å²) in [6.07, 6.45) is 7.52. The third-order valence-electron chi connectivity index (χ3n) is 4.03. The minimum absolute atomic E-state index is 0.123. The van der Waals surface area contributed by atoms with Crippen LogP contribution in [-0.4, -0.2) is 27.8 Å². The molecule has 2 N–H and O–H groups in total. The molecule has 1 saturated carbocycles. The summed E-state index contributed by atoms with van der Waals surface area (Å²) in [5, 5.41) is 12.5. The van der Waals surface area contributed by atoms with E-state index in [1.165, 1.54) is 19.3 Å². The van der Waals surface area contributed by atoms with Gasteiger partial charge in [-0.05, 0) is 25.7 Å². The molecular weight excluding hydrogens is 232 g/mol. The Balaban J connectivity index is 1.94. The standard InChI is InChI=1S/C13H18N2O3/c1-15-7-9-10(11(15)12(16)17)14-8-13(18-9)5-3-2-4-6-13/h7,14H,2-6,8H2,1H3,(H,16,17). The topological polar surface area (TPSA) is 63.5 Å². The van der Waals surface area contributed by atoms with Gasteiger partial charge in [-0.3, -0.25) is 0 Å². The summed E-state index contributed by atoms with van der Waals surface area (Å²) < 4.78 is 7.74. The van der Waals surface area contributed by atoms with Gasteiger partial charge in [0.2, 0.25) is 0 Å². The zero-order valence-corrected chi connectivity index (χ0v) is 10.5. The number of aromatic carboxylic acids is 1. The number of nitrogens with one attached hydrogen (secondary N) is 1. The molecule has 0 bridgehead atoms. The zero-order valence-electron chi connectivity index (χ0n) is 10.5. The second-order valence-electron chi connectivity index (χ2n) is 5.33. The predicted octanol–water partition coefficient (Wildman–Crippen LogP) is 2.23. The molecule has 0 radical (unpaired) electrons. The number of carbonyl (C=O) groups is 1. The maximum atomic E-state index is 11.2. The molecular formula is C13H18N2O3. The Labute approximate surface area is 106 Å². The lowest BCUT2D eigenvalue weighted by Crippen LogP contribution is -2.47. The van der Waals surface area contributed by atoms with Gasteiger partial charge in [-0.1, -0.05) is 6.42 Å². The lowest BCUT2D eigenvalue weighted by molar-refractivity contribution is 0.0369. The van der Waals surface area contributed by atoms with Crippen molar-refractivity contribution in [1.29, 1.82) is 0 Å². The summed E-state index contributed by atoms with van der Waals surface area (Å²) in [6, 6.07) is 0. The van der Waals surface area contributed by atoms with E-state index in [9.17, 15) is 9.90 Å². The SMILES string of the molecule is Cn1cc2c(c1C(=O)O)NCC1(CCCCC1)O2. The van der Waals surface area contributed by atoms with Crippen molar-refractivity contribution in [1.82, 2.24) is 4.57 Å². The van der Waals surface area contributed by atoms with E-state index in [0.717, 1.165) is 12.8 Å². The van der Waals surface area contributed by atoms with E-state index in [4.69, 9.17) is 4.74 Å². The summed E-state index contributed by atoms with van der Waals surface area (Å²) >= 11 is 0. The van der Waals surface area contributed by atoms with E-state index in [2.05, 4.69) is 5.32 Å². The normalized spacial score (nSPS) is 20.9. The highest BCUT2D eigenvalue weighted by molar-refractivity contribution is 5.95. The Kier molecular flexibility index (Phi) is 2.50. The minimum Gasteiger partial charge on any atom is -0.482 e. The minimum atomic E-state index is -0.922. The summed E-state index contributed by atoms with van der Waals surface area (Å²) in [5.41, 5.74) is 0.777. The third kappa shape index (κ3) is 1.65. The Hall–Kier alpha value is -1.65. The van der Waals surface area contributed by atoms with E-state index in [0.29, 0.717) is 18.0 Å². The third-order valence-corrected chi connectivity index (χ3v) is 4.03. The number of rotatable bonds is 1. The van der Waals surface area contributed by atoms with Gasteiger partial charge in [0, 0.05) is 13.2 Å². The van der Waals surface area contributed by atoms with Gasteiger partial charge in [-0.15, -0.1) is 0 Å². The fourth-order valence-electron chi connectivity index (χ4n) is 3.10. The molecule has 1 spiro atoms. The van der Waals surface area contributed by atoms with Crippen LogP contribution < -0.4 is 10.1 Å². The molecule has 2 aliphatic rings. The van der Waals surface area contributed by atoms with Crippen LogP contribution in [-0.2, 0) is 7.05 Å². The molecule has 0 amide bonds. The number of hydrogen-bond acceptors (Lipinski definition) is 3. The quantitative estimate of drug-likeness (QED) is 0.802. The van der Waals surface area contributed by atoms with Crippen molar-refractivity contribution in [2.75, 3.05) is 11.9 Å². The van der Waals surface area contributed by atoms with Crippen molar-refractivity contribution in [2.45, 2.75) is 37.7 Å². The number of ether oxygens (including phenoxy) is 1. The van der Waals surface area contributed by atoms with Crippen molar-refractivity contribution >= 4 is 11.7 Å². The molecule has 1 aliphatic carbocycles. The van der Waals surface area contributed by atoms with Gasteiger partial charge in [0.15, 0.2) is 11.4 Å². The second-order valence-corrected chi connectivity index (χ2v) is 5.33. The largest absolute Gasteiger partial charge is 0.482 e. The second kappa shape index (κ2) is 3.93. The van der Waals surface area contributed by atoms with Gasteiger partial charge in [0.1, 0.15) is 11.3 Å². The van der Waals surface area contributed by atoms with Gasteiger partial charge >= 0.3 is 5.97 Å². The first-order chi connectivity index (χ1) is 8.61. The number of nitrogens with zero attached hydrogens (tertiary/aromatic N) is 1. The highest BCUT2D eigenvalue weighted by Crippen LogP contribution is 2.42. The number of aromatic nitrogens is 1. The molecule has 1 aromatic heterocycles. The average Bonchev–Trinajstić information content (AvgIpc) is 2.65. The lowest BCUT2D eigenvalue weighted by atomic mass is 9.84. The molecule has 1 aromatic rings. The van der Waals surface area contributed by atoms with E-state index >= 15 is 0 Å². The Morgan fingerprint density at radius 1 is 1.44 bits per heavy atom. The summed E-state index contributed by atoms with van der Waals surface area (Å²) in [7, 11) is 1.74. The Morgan fingerprint density at radius 2 is 2.17 bits per heavy atom. The van der Waals surface area contributed by atoms with Crippen LogP contribution in [0.15, 0.2) is 6.20 Å². The number of carboxylic acid groups (broad SMARTS) is 1.